The molecular weight excluding hydrogens is 223 g/mol. The van der Waals surface area contributed by atoms with E-state index in [2.05, 4.69) is 0 Å². The number of benzene rings is 1. The first-order chi connectivity index (χ1) is 7.58. The molecule has 86 valence electrons. The Hall–Kier alpha value is -0.920. The Kier molecular flexibility index (Phi) is 3.00. The van der Waals surface area contributed by atoms with Gasteiger partial charge >= 0.3 is 0 Å². The maximum absolute atomic E-state index is 10.8. The third-order valence-corrected chi connectivity index (χ3v) is 3.52. The van der Waals surface area contributed by atoms with Gasteiger partial charge in [0, 0.05) is 5.30 Å². The van der Waals surface area contributed by atoms with Crippen LogP contribution in [0.2, 0.25) is 0 Å². The summed E-state index contributed by atoms with van der Waals surface area (Å²) in [5, 5.41) is 10.1. The molecule has 0 saturated heterocycles. The quantitative estimate of drug-likeness (QED) is 0.801. The van der Waals surface area contributed by atoms with Gasteiger partial charge in [-0.05, 0) is 49.9 Å². The zero-order valence-corrected chi connectivity index (χ0v) is 10.4. The minimum absolute atomic E-state index is 0.0213. The standard InChI is InChI=1S/C12H15O3P/c1-8-5-10(16-14)6-9-3-4-12(2,7-13)15-11(8)9/h5-6,13H,3-4,7H2,1-2H3/t12-/m0/s1. The van der Waals surface area contributed by atoms with E-state index in [1.165, 1.54) is 0 Å². The van der Waals surface area contributed by atoms with Crippen molar-refractivity contribution in [2.45, 2.75) is 32.3 Å². The van der Waals surface area contributed by atoms with Gasteiger partial charge in [-0.3, -0.25) is 4.57 Å². The maximum atomic E-state index is 10.8. The van der Waals surface area contributed by atoms with E-state index in [1.54, 1.807) is 0 Å². The molecule has 0 amide bonds. The van der Waals surface area contributed by atoms with Crippen molar-refractivity contribution in [1.29, 1.82) is 0 Å². The number of ether oxygens (including phenoxy) is 1. The van der Waals surface area contributed by atoms with Gasteiger partial charge in [0.1, 0.15) is 11.4 Å². The normalized spacial score (nSPS) is 23.9. The molecule has 1 aromatic rings. The lowest BCUT2D eigenvalue weighted by Crippen LogP contribution is -2.40. The fourth-order valence-corrected chi connectivity index (χ4v) is 2.47. The second-order valence-electron chi connectivity index (χ2n) is 4.55. The van der Waals surface area contributed by atoms with Crippen LogP contribution in [0.3, 0.4) is 0 Å². The van der Waals surface area contributed by atoms with Crippen LogP contribution in [0, 0.1) is 6.92 Å². The molecule has 1 atom stereocenters. The first-order valence-corrected chi connectivity index (χ1v) is 6.16. The summed E-state index contributed by atoms with van der Waals surface area (Å²) in [6.07, 6.45) is 1.64. The van der Waals surface area contributed by atoms with Crippen LogP contribution in [0.25, 0.3) is 0 Å². The van der Waals surface area contributed by atoms with Crippen LogP contribution in [-0.2, 0) is 11.0 Å². The van der Waals surface area contributed by atoms with Crippen LogP contribution in [0.15, 0.2) is 12.1 Å². The Balaban J connectivity index is 2.43. The number of rotatable bonds is 2. The predicted molar refractivity (Wildman–Crippen MR) is 62.9 cm³/mol. The van der Waals surface area contributed by atoms with Crippen LogP contribution in [-0.4, -0.2) is 17.3 Å². The summed E-state index contributed by atoms with van der Waals surface area (Å²) >= 11 is 0. The molecule has 0 spiro atoms. The lowest BCUT2D eigenvalue weighted by molar-refractivity contribution is 0.00754. The SMILES string of the molecule is Cc1cc(P=O)cc2c1O[C@](C)(CO)CC2. The van der Waals surface area contributed by atoms with E-state index in [0.717, 1.165) is 35.0 Å². The van der Waals surface area contributed by atoms with Crippen molar-refractivity contribution in [3.8, 4) is 5.75 Å². The van der Waals surface area contributed by atoms with E-state index in [4.69, 9.17) is 4.74 Å². The highest BCUT2D eigenvalue weighted by Crippen LogP contribution is 2.35. The minimum atomic E-state index is -0.478. The molecule has 0 bridgehead atoms. The van der Waals surface area contributed by atoms with Gasteiger partial charge in [-0.1, -0.05) is 0 Å². The van der Waals surface area contributed by atoms with Crippen LogP contribution >= 0.6 is 8.46 Å². The molecule has 3 nitrogen and oxygen atoms in total. The van der Waals surface area contributed by atoms with Crippen LogP contribution in [0.5, 0.6) is 5.75 Å². The Labute approximate surface area is 96.6 Å². The van der Waals surface area contributed by atoms with E-state index in [-0.39, 0.29) is 15.1 Å². The molecule has 16 heavy (non-hydrogen) atoms. The molecule has 1 heterocycles. The predicted octanol–water partition coefficient (Wildman–Crippen LogP) is 1.99. The number of aryl methyl sites for hydroxylation is 2. The number of hydrogen-bond acceptors (Lipinski definition) is 3. The third kappa shape index (κ3) is 1.98. The van der Waals surface area contributed by atoms with Crippen LogP contribution in [0.4, 0.5) is 0 Å². The number of hydrogen-bond donors (Lipinski definition) is 1. The first-order valence-electron chi connectivity index (χ1n) is 5.35. The molecule has 2 rings (SSSR count). The smallest absolute Gasteiger partial charge is 0.192 e. The molecule has 0 aliphatic carbocycles. The average Bonchev–Trinajstić information content (AvgIpc) is 2.30. The highest BCUT2D eigenvalue weighted by atomic mass is 31.1. The van der Waals surface area contributed by atoms with E-state index in [1.807, 2.05) is 26.0 Å². The highest BCUT2D eigenvalue weighted by molar-refractivity contribution is 7.34. The van der Waals surface area contributed by atoms with Crippen molar-refractivity contribution in [3.05, 3.63) is 23.3 Å². The average molecular weight is 238 g/mol. The molecule has 1 aliphatic heterocycles. The van der Waals surface area contributed by atoms with E-state index < -0.39 is 5.60 Å². The molecule has 0 saturated carbocycles. The Morgan fingerprint density at radius 1 is 1.56 bits per heavy atom. The van der Waals surface area contributed by atoms with Gasteiger partial charge < -0.3 is 9.84 Å². The number of aliphatic hydroxyl groups excluding tert-OH is 1. The van der Waals surface area contributed by atoms with Crippen molar-refractivity contribution in [3.63, 3.8) is 0 Å². The Morgan fingerprint density at radius 2 is 2.31 bits per heavy atom. The summed E-state index contributed by atoms with van der Waals surface area (Å²) in [6.45, 7) is 3.87. The topological polar surface area (TPSA) is 46.5 Å². The van der Waals surface area contributed by atoms with Gasteiger partial charge in [-0.2, -0.15) is 0 Å². The molecule has 1 aliphatic rings. The van der Waals surface area contributed by atoms with Crippen molar-refractivity contribution >= 4 is 13.8 Å². The zero-order valence-electron chi connectivity index (χ0n) is 9.49. The fraction of sp³-hybridized carbons (Fsp3) is 0.500. The first kappa shape index (κ1) is 11.6. The number of aliphatic hydroxyl groups is 1. The Morgan fingerprint density at radius 3 is 2.94 bits per heavy atom. The highest BCUT2D eigenvalue weighted by Gasteiger charge is 2.31. The molecule has 1 aromatic carbocycles. The lowest BCUT2D eigenvalue weighted by atomic mass is 9.92. The summed E-state index contributed by atoms with van der Waals surface area (Å²) < 4.78 is 16.7. The van der Waals surface area contributed by atoms with Crippen LogP contribution in [0.1, 0.15) is 24.5 Å². The lowest BCUT2D eigenvalue weighted by Gasteiger charge is -2.35. The second kappa shape index (κ2) is 4.15. The van der Waals surface area contributed by atoms with Crippen molar-refractivity contribution in [2.75, 3.05) is 6.61 Å². The van der Waals surface area contributed by atoms with E-state index in [0.29, 0.717) is 0 Å². The van der Waals surface area contributed by atoms with Crippen molar-refractivity contribution in [2.24, 2.45) is 0 Å². The van der Waals surface area contributed by atoms with Crippen molar-refractivity contribution in [1.82, 2.24) is 0 Å². The van der Waals surface area contributed by atoms with Gasteiger partial charge in [0.05, 0.1) is 6.61 Å². The monoisotopic (exact) mass is 238 g/mol. The van der Waals surface area contributed by atoms with Crippen molar-refractivity contribution < 1.29 is 14.4 Å². The molecule has 0 radical (unpaired) electrons. The summed E-state index contributed by atoms with van der Waals surface area (Å²) in [7, 11) is 0.0428. The zero-order chi connectivity index (χ0) is 11.8. The number of fused-ring (bicyclic) bond motifs is 1. The minimum Gasteiger partial charge on any atom is -0.485 e. The Bertz CT molecular complexity index is 431. The molecule has 1 N–H and O–H groups in total. The molecule has 0 fully saturated rings. The van der Waals surface area contributed by atoms with E-state index in [9.17, 15) is 9.67 Å². The summed E-state index contributed by atoms with van der Waals surface area (Å²) in [4.78, 5) is 0. The third-order valence-electron chi connectivity index (χ3n) is 3.05. The van der Waals surface area contributed by atoms with E-state index >= 15 is 0 Å². The largest absolute Gasteiger partial charge is 0.485 e. The van der Waals surface area contributed by atoms with Gasteiger partial charge in [0.15, 0.2) is 8.46 Å². The van der Waals surface area contributed by atoms with Gasteiger partial charge in [0.25, 0.3) is 0 Å². The summed E-state index contributed by atoms with van der Waals surface area (Å²) in [5.74, 6) is 0.843. The van der Waals surface area contributed by atoms with Crippen LogP contribution < -0.4 is 10.0 Å². The van der Waals surface area contributed by atoms with Gasteiger partial charge in [-0.25, -0.2) is 0 Å². The molecule has 4 heteroatoms. The summed E-state index contributed by atoms with van der Waals surface area (Å²) in [5.41, 5.74) is 1.59. The maximum Gasteiger partial charge on any atom is 0.192 e. The van der Waals surface area contributed by atoms with Gasteiger partial charge in [-0.15, -0.1) is 0 Å². The summed E-state index contributed by atoms with van der Waals surface area (Å²) in [6, 6.07) is 3.77. The molecule has 0 aromatic heterocycles. The molecule has 0 unspecified atom stereocenters. The second-order valence-corrected chi connectivity index (χ2v) is 5.25. The molecular formula is C12H15O3P. The fourth-order valence-electron chi connectivity index (χ4n) is 2.02. The van der Waals surface area contributed by atoms with Gasteiger partial charge in [0.2, 0.25) is 0 Å².